The van der Waals surface area contributed by atoms with Crippen LogP contribution >= 0.6 is 35.4 Å². The second-order valence-corrected chi connectivity index (χ2v) is 6.85. The van der Waals surface area contributed by atoms with E-state index in [0.717, 1.165) is 43.3 Å². The number of rotatable bonds is 3. The highest BCUT2D eigenvalue weighted by molar-refractivity contribution is 7.80. The van der Waals surface area contributed by atoms with E-state index in [2.05, 4.69) is 21.2 Å². The summed E-state index contributed by atoms with van der Waals surface area (Å²) in [5.41, 5.74) is 1.84. The number of benzene rings is 2. The molecule has 132 valence electrons. The van der Waals surface area contributed by atoms with Crippen molar-refractivity contribution in [3.8, 4) is 5.75 Å². The summed E-state index contributed by atoms with van der Waals surface area (Å²) >= 11 is 17.8. The van der Waals surface area contributed by atoms with E-state index < -0.39 is 0 Å². The second kappa shape index (κ2) is 8.13. The van der Waals surface area contributed by atoms with E-state index in [1.165, 1.54) is 0 Å². The molecule has 4 nitrogen and oxygen atoms in total. The summed E-state index contributed by atoms with van der Waals surface area (Å²) in [5.74, 6) is 0.891. The van der Waals surface area contributed by atoms with Crippen molar-refractivity contribution in [2.45, 2.75) is 0 Å². The fraction of sp³-hybridized carbons (Fsp3) is 0.278. The van der Waals surface area contributed by atoms with Gasteiger partial charge in [-0.25, -0.2) is 0 Å². The van der Waals surface area contributed by atoms with Crippen LogP contribution in [0.5, 0.6) is 5.75 Å². The average Bonchev–Trinajstić information content (AvgIpc) is 2.65. The number of hydrogen-bond donors (Lipinski definition) is 1. The summed E-state index contributed by atoms with van der Waals surface area (Å²) < 4.78 is 5.46. The summed E-state index contributed by atoms with van der Waals surface area (Å²) in [6, 6.07) is 13.5. The van der Waals surface area contributed by atoms with E-state index >= 15 is 0 Å². The molecule has 2 aromatic carbocycles. The highest BCUT2D eigenvalue weighted by Crippen LogP contribution is 2.30. The third kappa shape index (κ3) is 4.11. The Bertz CT molecular complexity index is 764. The van der Waals surface area contributed by atoms with Gasteiger partial charge in [-0.1, -0.05) is 41.4 Å². The molecule has 0 unspecified atom stereocenters. The highest BCUT2D eigenvalue weighted by Gasteiger charge is 2.21. The molecule has 25 heavy (non-hydrogen) atoms. The van der Waals surface area contributed by atoms with E-state index in [1.54, 1.807) is 13.2 Å². The Hall–Kier alpha value is -1.69. The molecule has 2 aromatic rings. The summed E-state index contributed by atoms with van der Waals surface area (Å²) in [7, 11) is 1.70. The number of nitrogens with zero attached hydrogens (tertiary/aromatic N) is 2. The lowest BCUT2D eigenvalue weighted by molar-refractivity contribution is 0.382. The Morgan fingerprint density at radius 1 is 1.04 bits per heavy atom. The average molecular weight is 396 g/mol. The lowest BCUT2D eigenvalue weighted by Gasteiger charge is -2.37. The molecule has 1 saturated heterocycles. The number of thiocarbonyl (C=S) groups is 1. The maximum atomic E-state index is 6.22. The third-order valence-electron chi connectivity index (χ3n) is 4.19. The number of ether oxygens (including phenoxy) is 1. The van der Waals surface area contributed by atoms with Gasteiger partial charge in [-0.3, -0.25) is 0 Å². The predicted molar refractivity (Wildman–Crippen MR) is 109 cm³/mol. The van der Waals surface area contributed by atoms with E-state index in [0.29, 0.717) is 15.2 Å². The maximum Gasteiger partial charge on any atom is 0.173 e. The largest absolute Gasteiger partial charge is 0.495 e. The van der Waals surface area contributed by atoms with Crippen LogP contribution in [0.2, 0.25) is 10.0 Å². The van der Waals surface area contributed by atoms with Crippen LogP contribution < -0.4 is 15.0 Å². The molecule has 0 aliphatic carbocycles. The smallest absolute Gasteiger partial charge is 0.173 e. The Kier molecular flexibility index (Phi) is 5.89. The van der Waals surface area contributed by atoms with Gasteiger partial charge in [-0.05, 0) is 36.5 Å². The normalized spacial score (nSPS) is 14.4. The van der Waals surface area contributed by atoms with Gasteiger partial charge in [0.2, 0.25) is 0 Å². The zero-order valence-electron chi connectivity index (χ0n) is 13.8. The molecular formula is C18H19Cl2N3OS. The van der Waals surface area contributed by atoms with Crippen molar-refractivity contribution in [3.05, 3.63) is 52.5 Å². The first-order valence-electron chi connectivity index (χ1n) is 7.98. The van der Waals surface area contributed by atoms with Crippen LogP contribution in [-0.4, -0.2) is 43.3 Å². The lowest BCUT2D eigenvalue weighted by Crippen LogP contribution is -2.50. The molecule has 0 aromatic heterocycles. The number of anilines is 2. The number of halogens is 2. The van der Waals surface area contributed by atoms with Crippen molar-refractivity contribution >= 4 is 51.9 Å². The van der Waals surface area contributed by atoms with Crippen molar-refractivity contribution < 1.29 is 4.74 Å². The van der Waals surface area contributed by atoms with Crippen LogP contribution in [-0.2, 0) is 0 Å². The fourth-order valence-electron chi connectivity index (χ4n) is 2.84. The molecule has 0 radical (unpaired) electrons. The standard InChI is InChI=1S/C18H19Cl2N3OS/c1-24-16-8-3-2-7-15(16)22-9-11-23(12-10-22)18(25)21-14-6-4-5-13(19)17(14)20/h2-8H,9-12H2,1H3,(H,21,25). The molecule has 1 aliphatic rings. The quantitative estimate of drug-likeness (QED) is 0.771. The minimum atomic E-state index is 0.485. The first-order chi connectivity index (χ1) is 12.1. The fourth-order valence-corrected chi connectivity index (χ4v) is 3.48. The van der Waals surface area contributed by atoms with Crippen LogP contribution in [0.15, 0.2) is 42.5 Å². The number of nitrogens with one attached hydrogen (secondary N) is 1. The first kappa shape index (κ1) is 18.1. The van der Waals surface area contributed by atoms with E-state index in [9.17, 15) is 0 Å². The molecule has 1 aliphatic heterocycles. The summed E-state index contributed by atoms with van der Waals surface area (Å²) in [5, 5.41) is 4.85. The van der Waals surface area contributed by atoms with Crippen LogP contribution in [0.25, 0.3) is 0 Å². The zero-order valence-corrected chi connectivity index (χ0v) is 16.2. The van der Waals surface area contributed by atoms with Crippen molar-refractivity contribution in [2.75, 3.05) is 43.5 Å². The molecule has 3 rings (SSSR count). The third-order valence-corrected chi connectivity index (χ3v) is 5.37. The minimum absolute atomic E-state index is 0.485. The molecule has 0 atom stereocenters. The number of methoxy groups -OCH3 is 1. The van der Waals surface area contributed by atoms with Gasteiger partial charge >= 0.3 is 0 Å². The van der Waals surface area contributed by atoms with E-state index in [1.807, 2.05) is 30.3 Å². The van der Waals surface area contributed by atoms with Gasteiger partial charge in [0, 0.05) is 26.2 Å². The Morgan fingerprint density at radius 2 is 1.76 bits per heavy atom. The van der Waals surface area contributed by atoms with Crippen molar-refractivity contribution in [1.82, 2.24) is 4.90 Å². The molecule has 0 spiro atoms. The van der Waals surface area contributed by atoms with Crippen molar-refractivity contribution in [3.63, 3.8) is 0 Å². The summed E-state index contributed by atoms with van der Waals surface area (Å²) in [4.78, 5) is 4.45. The topological polar surface area (TPSA) is 27.7 Å². The van der Waals surface area contributed by atoms with E-state index in [4.69, 9.17) is 40.2 Å². The SMILES string of the molecule is COc1ccccc1N1CCN(C(=S)Nc2cccc(Cl)c2Cl)CC1. The van der Waals surface area contributed by atoms with Gasteiger partial charge in [-0.15, -0.1) is 0 Å². The van der Waals surface area contributed by atoms with Crippen molar-refractivity contribution in [2.24, 2.45) is 0 Å². The molecule has 1 fully saturated rings. The second-order valence-electron chi connectivity index (χ2n) is 5.68. The van der Waals surface area contributed by atoms with Crippen LogP contribution in [0, 0.1) is 0 Å². The highest BCUT2D eigenvalue weighted by atomic mass is 35.5. The Balaban J connectivity index is 1.62. The number of piperazine rings is 1. The number of hydrogen-bond acceptors (Lipinski definition) is 3. The van der Waals surface area contributed by atoms with Crippen molar-refractivity contribution in [1.29, 1.82) is 0 Å². The monoisotopic (exact) mass is 395 g/mol. The molecule has 1 N–H and O–H groups in total. The zero-order chi connectivity index (χ0) is 17.8. The predicted octanol–water partition coefficient (Wildman–Crippen LogP) is 4.52. The Labute approximate surface area is 163 Å². The van der Waals surface area contributed by atoms with Gasteiger partial charge < -0.3 is 19.9 Å². The number of para-hydroxylation sites is 2. The molecule has 1 heterocycles. The van der Waals surface area contributed by atoms with Gasteiger partial charge in [-0.2, -0.15) is 0 Å². The van der Waals surface area contributed by atoms with Gasteiger partial charge in [0.05, 0.1) is 28.5 Å². The van der Waals surface area contributed by atoms with Gasteiger partial charge in [0.25, 0.3) is 0 Å². The van der Waals surface area contributed by atoms with Crippen LogP contribution in [0.1, 0.15) is 0 Å². The molecule has 0 saturated carbocycles. The maximum absolute atomic E-state index is 6.22. The van der Waals surface area contributed by atoms with E-state index in [-0.39, 0.29) is 0 Å². The molecule has 0 amide bonds. The molecule has 7 heteroatoms. The summed E-state index contributed by atoms with van der Waals surface area (Å²) in [6.07, 6.45) is 0. The molecule has 0 bridgehead atoms. The summed E-state index contributed by atoms with van der Waals surface area (Å²) in [6.45, 7) is 3.38. The van der Waals surface area contributed by atoms with Crippen LogP contribution in [0.4, 0.5) is 11.4 Å². The Morgan fingerprint density at radius 3 is 2.48 bits per heavy atom. The van der Waals surface area contributed by atoms with Gasteiger partial charge in [0.1, 0.15) is 5.75 Å². The van der Waals surface area contributed by atoms with Crippen LogP contribution in [0.3, 0.4) is 0 Å². The van der Waals surface area contributed by atoms with Gasteiger partial charge in [0.15, 0.2) is 5.11 Å². The molecular weight excluding hydrogens is 377 g/mol. The lowest BCUT2D eigenvalue weighted by atomic mass is 10.2. The first-order valence-corrected chi connectivity index (χ1v) is 9.14. The minimum Gasteiger partial charge on any atom is -0.495 e.